The minimum Gasteiger partial charge on any atom is -0.389 e. The van der Waals surface area contributed by atoms with E-state index in [-0.39, 0.29) is 4.48 Å². The number of benzene rings is 1. The van der Waals surface area contributed by atoms with E-state index in [2.05, 4.69) is 0 Å². The third-order valence-corrected chi connectivity index (χ3v) is 4.18. The second kappa shape index (κ2) is 5.87. The zero-order valence-electron chi connectivity index (χ0n) is 15.3. The molecular weight excluding hydrogens is 246 g/mol. The van der Waals surface area contributed by atoms with Gasteiger partial charge in [-0.15, -0.1) is 0 Å². The van der Waals surface area contributed by atoms with Crippen molar-refractivity contribution in [3.05, 3.63) is 35.4 Å². The molecule has 1 unspecified atom stereocenters. The number of hydrogen-bond acceptors (Lipinski definition) is 1. The SMILES string of the molecule is [2H]C([2H])(C(c1ccc(C)cc1)C1(O)CCCCC1)[N+](C)(C)C. The molecule has 2 nitrogen and oxygen atoms in total. The van der Waals surface area contributed by atoms with E-state index < -0.39 is 18.0 Å². The molecule has 1 saturated carbocycles. The first-order valence-corrected chi connectivity index (χ1v) is 7.68. The summed E-state index contributed by atoms with van der Waals surface area (Å²) >= 11 is 0. The molecule has 0 bridgehead atoms. The Morgan fingerprint density at radius 1 is 1.15 bits per heavy atom. The normalized spacial score (nSPS) is 22.9. The smallest absolute Gasteiger partial charge is 0.0932 e. The van der Waals surface area contributed by atoms with E-state index in [9.17, 15) is 5.11 Å². The van der Waals surface area contributed by atoms with Gasteiger partial charge < -0.3 is 9.59 Å². The van der Waals surface area contributed by atoms with Crippen LogP contribution in [-0.4, -0.2) is 42.8 Å². The number of likely N-dealkylation sites (N-methyl/N-ethyl adjacent to an activating group) is 1. The highest BCUT2D eigenvalue weighted by Gasteiger charge is 2.41. The van der Waals surface area contributed by atoms with Crippen LogP contribution in [0.5, 0.6) is 0 Å². The van der Waals surface area contributed by atoms with E-state index in [0.29, 0.717) is 12.8 Å². The van der Waals surface area contributed by atoms with Gasteiger partial charge in [0.05, 0.1) is 41.9 Å². The topological polar surface area (TPSA) is 20.2 Å². The predicted octanol–water partition coefficient (Wildman–Crippen LogP) is 3.48. The Balaban J connectivity index is 2.51. The molecule has 0 heterocycles. The molecule has 0 radical (unpaired) electrons. The zero-order valence-corrected chi connectivity index (χ0v) is 13.3. The summed E-state index contributed by atoms with van der Waals surface area (Å²) in [5, 5.41) is 11.3. The zero-order chi connectivity index (χ0) is 16.6. The van der Waals surface area contributed by atoms with Crippen LogP contribution in [0.4, 0.5) is 0 Å². The van der Waals surface area contributed by atoms with Crippen LogP contribution in [0.25, 0.3) is 0 Å². The lowest BCUT2D eigenvalue weighted by Crippen LogP contribution is -2.48. The molecule has 1 N–H and O–H groups in total. The fourth-order valence-corrected chi connectivity index (χ4v) is 3.10. The van der Waals surface area contributed by atoms with Gasteiger partial charge in [-0.25, -0.2) is 0 Å². The van der Waals surface area contributed by atoms with Gasteiger partial charge >= 0.3 is 0 Å². The van der Waals surface area contributed by atoms with Gasteiger partial charge in [0.1, 0.15) is 0 Å². The molecule has 1 aromatic carbocycles. The second-order valence-corrected chi connectivity index (χ2v) is 7.15. The van der Waals surface area contributed by atoms with Crippen LogP contribution in [0.1, 0.15) is 51.9 Å². The summed E-state index contributed by atoms with van der Waals surface area (Å²) < 4.78 is 17.7. The van der Waals surface area contributed by atoms with Crippen LogP contribution in [0.2, 0.25) is 0 Å². The molecule has 0 spiro atoms. The molecule has 1 fully saturated rings. The predicted molar refractivity (Wildman–Crippen MR) is 84.9 cm³/mol. The van der Waals surface area contributed by atoms with Crippen molar-refractivity contribution in [2.24, 2.45) is 0 Å². The maximum atomic E-state index is 11.3. The number of aliphatic hydroxyl groups is 1. The second-order valence-electron chi connectivity index (χ2n) is 7.15. The Morgan fingerprint density at radius 2 is 1.70 bits per heavy atom. The van der Waals surface area contributed by atoms with Crippen molar-refractivity contribution in [2.45, 2.75) is 50.5 Å². The summed E-state index contributed by atoms with van der Waals surface area (Å²) in [6.07, 6.45) is 4.46. The van der Waals surface area contributed by atoms with Crippen molar-refractivity contribution in [3.8, 4) is 0 Å². The molecule has 1 aliphatic carbocycles. The highest BCUT2D eigenvalue weighted by atomic mass is 16.3. The Bertz CT molecular complexity index is 499. The molecule has 20 heavy (non-hydrogen) atoms. The molecule has 2 heteroatoms. The van der Waals surface area contributed by atoms with Crippen molar-refractivity contribution in [1.29, 1.82) is 0 Å². The molecule has 112 valence electrons. The average molecular weight is 278 g/mol. The summed E-state index contributed by atoms with van der Waals surface area (Å²) in [5.74, 6) is -0.513. The van der Waals surface area contributed by atoms with Gasteiger partial charge in [-0.1, -0.05) is 49.1 Å². The summed E-state index contributed by atoms with van der Waals surface area (Å²) in [5.41, 5.74) is 1.11. The Kier molecular flexibility index (Phi) is 3.77. The molecule has 0 amide bonds. The Morgan fingerprint density at radius 3 is 2.20 bits per heavy atom. The summed E-state index contributed by atoms with van der Waals surface area (Å²) in [4.78, 5) is 0. The first kappa shape index (κ1) is 12.8. The van der Waals surface area contributed by atoms with Gasteiger partial charge in [-0.05, 0) is 25.3 Å². The number of hydrogen-bond donors (Lipinski definition) is 1. The maximum absolute atomic E-state index is 11.3. The number of aryl methyl sites for hydroxylation is 1. The van der Waals surface area contributed by atoms with Crippen LogP contribution < -0.4 is 0 Å². The maximum Gasteiger partial charge on any atom is 0.0932 e. The van der Waals surface area contributed by atoms with Crippen molar-refractivity contribution in [3.63, 3.8) is 0 Å². The van der Waals surface area contributed by atoms with Gasteiger partial charge in [0.25, 0.3) is 0 Å². The lowest BCUT2D eigenvalue weighted by molar-refractivity contribution is -0.872. The van der Waals surface area contributed by atoms with E-state index in [1.165, 1.54) is 0 Å². The monoisotopic (exact) mass is 278 g/mol. The molecule has 1 aromatic rings. The lowest BCUT2D eigenvalue weighted by atomic mass is 9.72. The van der Waals surface area contributed by atoms with E-state index in [4.69, 9.17) is 2.74 Å². The standard InChI is InChI=1S/C18H30NO/c1-15-8-10-16(11-9-15)17(14-19(2,3)4)18(20)12-6-5-7-13-18/h8-11,17,20H,5-7,12-14H2,1-4H3/q+1/i14D2. The molecule has 0 aromatic heterocycles. The van der Waals surface area contributed by atoms with Crippen LogP contribution in [0, 0.1) is 6.92 Å². The molecular formula is C18H30NO+. The van der Waals surface area contributed by atoms with Crippen molar-refractivity contribution in [2.75, 3.05) is 27.6 Å². The molecule has 1 atom stereocenters. The Hall–Kier alpha value is -0.860. The van der Waals surface area contributed by atoms with Crippen LogP contribution in [0.3, 0.4) is 0 Å². The molecule has 0 saturated heterocycles. The van der Waals surface area contributed by atoms with E-state index in [1.54, 1.807) is 0 Å². The van der Waals surface area contributed by atoms with Gasteiger partial charge in [0.2, 0.25) is 0 Å². The minimum atomic E-state index is -1.54. The quantitative estimate of drug-likeness (QED) is 0.836. The van der Waals surface area contributed by atoms with E-state index in [1.807, 2.05) is 52.3 Å². The fraction of sp³-hybridized carbons (Fsp3) is 0.667. The largest absolute Gasteiger partial charge is 0.389 e. The molecule has 1 aliphatic rings. The first-order chi connectivity index (χ1) is 10.1. The van der Waals surface area contributed by atoms with E-state index >= 15 is 0 Å². The number of quaternary nitrogens is 1. The third-order valence-electron chi connectivity index (χ3n) is 4.18. The van der Waals surface area contributed by atoms with Crippen molar-refractivity contribution >= 4 is 0 Å². The van der Waals surface area contributed by atoms with Crippen LogP contribution in [0.15, 0.2) is 24.3 Å². The lowest BCUT2D eigenvalue weighted by Gasteiger charge is -2.42. The number of rotatable bonds is 4. The molecule has 0 aliphatic heterocycles. The van der Waals surface area contributed by atoms with Crippen LogP contribution in [-0.2, 0) is 0 Å². The van der Waals surface area contributed by atoms with Gasteiger partial charge in [-0.2, -0.15) is 0 Å². The van der Waals surface area contributed by atoms with E-state index in [0.717, 1.165) is 30.4 Å². The summed E-state index contributed by atoms with van der Waals surface area (Å²) in [7, 11) is 5.61. The van der Waals surface area contributed by atoms with Gasteiger partial charge in [0.15, 0.2) is 0 Å². The average Bonchev–Trinajstić information content (AvgIpc) is 2.40. The van der Waals surface area contributed by atoms with Gasteiger partial charge in [0, 0.05) is 0 Å². The number of nitrogens with zero attached hydrogens (tertiary/aromatic N) is 1. The molecule has 2 rings (SSSR count). The Labute approximate surface area is 126 Å². The fourth-order valence-electron chi connectivity index (χ4n) is 3.10. The minimum absolute atomic E-state index is 0.174. The van der Waals surface area contributed by atoms with Crippen LogP contribution >= 0.6 is 0 Å². The first-order valence-electron chi connectivity index (χ1n) is 8.68. The van der Waals surface area contributed by atoms with Gasteiger partial charge in [-0.3, -0.25) is 0 Å². The highest BCUT2D eigenvalue weighted by Crippen LogP contribution is 2.40. The summed E-state index contributed by atoms with van der Waals surface area (Å²) in [6.45, 7) is 0.490. The third kappa shape index (κ3) is 3.83. The summed E-state index contributed by atoms with van der Waals surface area (Å²) in [6, 6.07) is 8.00. The van der Waals surface area contributed by atoms with Crippen molar-refractivity contribution < 1.29 is 12.3 Å². The van der Waals surface area contributed by atoms with Crippen molar-refractivity contribution in [1.82, 2.24) is 0 Å². The highest BCUT2D eigenvalue weighted by molar-refractivity contribution is 5.27.